The number of aliphatic hydroxyl groups is 1. The third kappa shape index (κ3) is 6.18. The predicted octanol–water partition coefficient (Wildman–Crippen LogP) is 3.72. The Morgan fingerprint density at radius 1 is 1.18 bits per heavy atom. The Hall–Kier alpha value is -2.77. The van der Waals surface area contributed by atoms with E-state index in [-0.39, 0.29) is 12.5 Å². The second kappa shape index (κ2) is 10.4. The van der Waals surface area contributed by atoms with Crippen molar-refractivity contribution in [1.29, 1.82) is 0 Å². The first-order chi connectivity index (χ1) is 15.9. The molecule has 4 rings (SSSR count). The highest BCUT2D eigenvalue weighted by Gasteiger charge is 2.43. The molecule has 7 nitrogen and oxygen atoms in total. The van der Waals surface area contributed by atoms with E-state index in [2.05, 4.69) is 19.2 Å². The normalized spacial score (nSPS) is 23.1. The van der Waals surface area contributed by atoms with Gasteiger partial charge in [-0.25, -0.2) is 0 Å². The largest absolute Gasteiger partial charge is 0.490 e. The second-order valence-corrected chi connectivity index (χ2v) is 9.37. The molecule has 2 atom stereocenters. The summed E-state index contributed by atoms with van der Waals surface area (Å²) in [5, 5.41) is 14.4. The second-order valence-electron chi connectivity index (χ2n) is 9.37. The van der Waals surface area contributed by atoms with Crippen LogP contribution in [0.4, 0.5) is 5.69 Å². The van der Waals surface area contributed by atoms with E-state index in [1.165, 1.54) is 0 Å². The van der Waals surface area contributed by atoms with Gasteiger partial charge >= 0.3 is 0 Å². The van der Waals surface area contributed by atoms with Crippen LogP contribution in [0.25, 0.3) is 0 Å². The number of para-hydroxylation sites is 1. The van der Waals surface area contributed by atoms with Gasteiger partial charge in [-0.05, 0) is 43.0 Å². The summed E-state index contributed by atoms with van der Waals surface area (Å²) < 4.78 is 17.6. The number of amides is 1. The van der Waals surface area contributed by atoms with Crippen LogP contribution in [-0.4, -0.2) is 60.5 Å². The van der Waals surface area contributed by atoms with Crippen LogP contribution < -0.4 is 19.5 Å². The number of anilines is 1. The van der Waals surface area contributed by atoms with E-state index >= 15 is 0 Å². The van der Waals surface area contributed by atoms with Crippen molar-refractivity contribution in [3.05, 3.63) is 48.5 Å². The molecule has 2 aromatic carbocycles. The Bertz CT molecular complexity index is 936. The molecule has 2 N–H and O–H groups in total. The van der Waals surface area contributed by atoms with E-state index in [1.807, 2.05) is 47.4 Å². The number of piperidine rings is 1. The molecule has 1 amide bonds. The maximum atomic E-state index is 12.8. The molecule has 0 bridgehead atoms. The van der Waals surface area contributed by atoms with Gasteiger partial charge in [-0.2, -0.15) is 0 Å². The lowest BCUT2D eigenvalue weighted by Gasteiger charge is -2.45. The van der Waals surface area contributed by atoms with Crippen LogP contribution in [0, 0.1) is 5.92 Å². The van der Waals surface area contributed by atoms with Crippen molar-refractivity contribution in [3.63, 3.8) is 0 Å². The fourth-order valence-electron chi connectivity index (χ4n) is 4.55. The maximum absolute atomic E-state index is 12.8. The summed E-state index contributed by atoms with van der Waals surface area (Å²) in [5.74, 6) is 2.30. The molecule has 7 heteroatoms. The molecule has 0 aliphatic carbocycles. The zero-order valence-corrected chi connectivity index (χ0v) is 19.5. The van der Waals surface area contributed by atoms with Gasteiger partial charge in [0, 0.05) is 31.3 Å². The summed E-state index contributed by atoms with van der Waals surface area (Å²) in [6.07, 6.45) is 1.63. The number of fused-ring (bicyclic) bond motifs is 1. The third-order valence-electron chi connectivity index (χ3n) is 6.07. The zero-order valence-electron chi connectivity index (χ0n) is 19.5. The van der Waals surface area contributed by atoms with E-state index in [0.717, 1.165) is 12.2 Å². The van der Waals surface area contributed by atoms with Gasteiger partial charge in [0.05, 0.1) is 19.8 Å². The maximum Gasteiger partial charge on any atom is 0.238 e. The number of hydrogen-bond donors (Lipinski definition) is 2. The number of likely N-dealkylation sites (tertiary alicyclic amines) is 1. The molecule has 2 heterocycles. The highest BCUT2D eigenvalue weighted by atomic mass is 16.5. The molecule has 2 aromatic rings. The minimum atomic E-state index is -0.925. The summed E-state index contributed by atoms with van der Waals surface area (Å²) >= 11 is 0. The molecule has 1 saturated heterocycles. The summed E-state index contributed by atoms with van der Waals surface area (Å²) in [6, 6.07) is 15.0. The predicted molar refractivity (Wildman–Crippen MR) is 127 cm³/mol. The van der Waals surface area contributed by atoms with Crippen molar-refractivity contribution in [2.45, 2.75) is 44.8 Å². The molecule has 0 radical (unpaired) electrons. The fourth-order valence-corrected chi connectivity index (χ4v) is 4.55. The van der Waals surface area contributed by atoms with Crippen LogP contribution in [0.2, 0.25) is 0 Å². The first-order valence-corrected chi connectivity index (χ1v) is 11.8. The number of rotatable bonds is 7. The quantitative estimate of drug-likeness (QED) is 0.664. The number of ether oxygens (including phenoxy) is 3. The molecular weight excluding hydrogens is 420 g/mol. The highest BCUT2D eigenvalue weighted by Crippen LogP contribution is 2.33. The molecule has 2 aliphatic heterocycles. The van der Waals surface area contributed by atoms with Crippen LogP contribution in [0.5, 0.6) is 17.2 Å². The van der Waals surface area contributed by atoms with E-state index in [0.29, 0.717) is 62.2 Å². The van der Waals surface area contributed by atoms with Crippen LogP contribution in [0.3, 0.4) is 0 Å². The number of nitrogens with one attached hydrogen (secondary N) is 1. The molecule has 0 aromatic heterocycles. The van der Waals surface area contributed by atoms with E-state index in [9.17, 15) is 9.90 Å². The smallest absolute Gasteiger partial charge is 0.238 e. The summed E-state index contributed by atoms with van der Waals surface area (Å²) in [5.41, 5.74) is -0.250. The highest BCUT2D eigenvalue weighted by molar-refractivity contribution is 5.92. The van der Waals surface area contributed by atoms with Gasteiger partial charge in [0.1, 0.15) is 17.5 Å². The molecule has 1 fully saturated rings. The minimum absolute atomic E-state index is 0.114. The fraction of sp³-hybridized carbons (Fsp3) is 0.500. The van der Waals surface area contributed by atoms with Crippen molar-refractivity contribution in [2.24, 2.45) is 5.92 Å². The Kier molecular flexibility index (Phi) is 7.40. The average molecular weight is 455 g/mol. The van der Waals surface area contributed by atoms with Gasteiger partial charge < -0.3 is 24.6 Å². The zero-order chi connectivity index (χ0) is 23.3. The van der Waals surface area contributed by atoms with E-state index in [4.69, 9.17) is 14.2 Å². The number of carbonyl (C=O) groups excluding carboxylic acids is 1. The molecule has 178 valence electrons. The van der Waals surface area contributed by atoms with Crippen molar-refractivity contribution >= 4 is 11.6 Å². The van der Waals surface area contributed by atoms with Crippen molar-refractivity contribution in [3.8, 4) is 17.2 Å². The molecule has 0 saturated carbocycles. The number of benzene rings is 2. The summed E-state index contributed by atoms with van der Waals surface area (Å²) in [4.78, 5) is 14.8. The van der Waals surface area contributed by atoms with Crippen LogP contribution in [-0.2, 0) is 4.79 Å². The van der Waals surface area contributed by atoms with Crippen molar-refractivity contribution in [2.75, 3.05) is 38.2 Å². The monoisotopic (exact) mass is 454 g/mol. The Morgan fingerprint density at radius 3 is 2.70 bits per heavy atom. The summed E-state index contributed by atoms with van der Waals surface area (Å²) in [7, 11) is 0. The molecule has 0 unspecified atom stereocenters. The van der Waals surface area contributed by atoms with Gasteiger partial charge in [0.15, 0.2) is 11.5 Å². The average Bonchev–Trinajstić information content (AvgIpc) is 3.01. The number of carbonyl (C=O) groups is 1. The van der Waals surface area contributed by atoms with Crippen molar-refractivity contribution in [1.82, 2.24) is 4.90 Å². The topological polar surface area (TPSA) is 80.3 Å². The van der Waals surface area contributed by atoms with E-state index in [1.54, 1.807) is 6.07 Å². The van der Waals surface area contributed by atoms with E-state index < -0.39 is 11.7 Å². The Balaban J connectivity index is 1.39. The molecule has 33 heavy (non-hydrogen) atoms. The summed E-state index contributed by atoms with van der Waals surface area (Å²) in [6.45, 7) is 6.77. The SMILES string of the molecule is CC(C)C[C@]1(O)CCN(CC(=O)Nc2ccc3c(c2)OCCCO3)C[C@@H]1Oc1ccccc1. The third-order valence-corrected chi connectivity index (χ3v) is 6.07. The van der Waals surface area contributed by atoms with Crippen LogP contribution in [0.15, 0.2) is 48.5 Å². The van der Waals surface area contributed by atoms with Crippen LogP contribution in [0.1, 0.15) is 33.1 Å². The lowest BCUT2D eigenvalue weighted by molar-refractivity contribution is -0.129. The first-order valence-electron chi connectivity index (χ1n) is 11.8. The molecule has 2 aliphatic rings. The van der Waals surface area contributed by atoms with Gasteiger partial charge in [-0.3, -0.25) is 9.69 Å². The standard InChI is InChI=1S/C26H34N2O5/c1-19(2)16-26(30)11-12-28(17-24(26)33-21-7-4-3-5-8-21)18-25(29)27-20-9-10-22-23(15-20)32-14-6-13-31-22/h3-5,7-10,15,19,24,30H,6,11-14,16-18H2,1-2H3,(H,27,29)/t24-,26+/m0/s1. The Labute approximate surface area is 195 Å². The number of hydrogen-bond acceptors (Lipinski definition) is 6. The number of nitrogens with zero attached hydrogens (tertiary/aromatic N) is 1. The van der Waals surface area contributed by atoms with Gasteiger partial charge in [0.25, 0.3) is 0 Å². The van der Waals surface area contributed by atoms with Gasteiger partial charge in [-0.1, -0.05) is 32.0 Å². The van der Waals surface area contributed by atoms with Gasteiger partial charge in [-0.15, -0.1) is 0 Å². The molecular formula is C26H34N2O5. The molecule has 0 spiro atoms. The lowest BCUT2D eigenvalue weighted by Crippen LogP contribution is -2.59. The van der Waals surface area contributed by atoms with Crippen molar-refractivity contribution < 1.29 is 24.1 Å². The first kappa shape index (κ1) is 23.4. The lowest BCUT2D eigenvalue weighted by atomic mass is 9.81. The van der Waals surface area contributed by atoms with Crippen LogP contribution >= 0.6 is 0 Å². The Morgan fingerprint density at radius 2 is 1.94 bits per heavy atom. The van der Waals surface area contributed by atoms with Gasteiger partial charge in [0.2, 0.25) is 5.91 Å². The minimum Gasteiger partial charge on any atom is -0.490 e.